The maximum Gasteiger partial charge on any atom is 0.121 e. The van der Waals surface area contributed by atoms with Crippen molar-refractivity contribution < 1.29 is 4.74 Å². The fraction of sp³-hybridized carbons (Fsp3) is 0.500. The minimum Gasteiger partial charge on any atom is -0.496 e. The zero-order chi connectivity index (χ0) is 10.9. The van der Waals surface area contributed by atoms with Crippen LogP contribution in [0.3, 0.4) is 0 Å². The molecule has 0 radical (unpaired) electrons. The van der Waals surface area contributed by atoms with Gasteiger partial charge in [-0.1, -0.05) is 46.9 Å². The SMILES string of the molecule is C=C/C(OC)=C(\C=C)C(C)C.CC. The van der Waals surface area contributed by atoms with Gasteiger partial charge in [-0.2, -0.15) is 0 Å². The maximum atomic E-state index is 5.10. The van der Waals surface area contributed by atoms with Crippen LogP contribution in [-0.2, 0) is 4.74 Å². The van der Waals surface area contributed by atoms with Crippen LogP contribution in [0, 0.1) is 5.92 Å². The lowest BCUT2D eigenvalue weighted by Crippen LogP contribution is -1.96. The van der Waals surface area contributed by atoms with E-state index < -0.39 is 0 Å². The fourth-order valence-electron chi connectivity index (χ4n) is 0.940. The lowest BCUT2D eigenvalue weighted by atomic mass is 10.0. The topological polar surface area (TPSA) is 9.23 Å². The van der Waals surface area contributed by atoms with Crippen LogP contribution in [0.25, 0.3) is 0 Å². The first-order valence-electron chi connectivity index (χ1n) is 4.70. The molecule has 1 nitrogen and oxygen atoms in total. The molecule has 0 atom stereocenters. The highest BCUT2D eigenvalue weighted by atomic mass is 16.5. The molecule has 0 unspecified atom stereocenters. The summed E-state index contributed by atoms with van der Waals surface area (Å²) in [5.74, 6) is 1.25. The Morgan fingerprint density at radius 2 is 1.62 bits per heavy atom. The van der Waals surface area contributed by atoms with Gasteiger partial charge >= 0.3 is 0 Å². The second kappa shape index (κ2) is 9.11. The minimum absolute atomic E-state index is 0.431. The molecule has 1 heteroatoms. The van der Waals surface area contributed by atoms with Gasteiger partial charge in [0.1, 0.15) is 5.76 Å². The normalized spacial score (nSPS) is 10.9. The average molecular weight is 182 g/mol. The van der Waals surface area contributed by atoms with Gasteiger partial charge in [0.2, 0.25) is 0 Å². The number of ether oxygens (including phenoxy) is 1. The Morgan fingerprint density at radius 3 is 1.69 bits per heavy atom. The molecule has 0 aliphatic rings. The van der Waals surface area contributed by atoms with Crippen LogP contribution in [0.5, 0.6) is 0 Å². The quantitative estimate of drug-likeness (QED) is 0.472. The van der Waals surface area contributed by atoms with Gasteiger partial charge in [0.25, 0.3) is 0 Å². The van der Waals surface area contributed by atoms with E-state index in [1.165, 1.54) is 0 Å². The number of hydrogen-bond acceptors (Lipinski definition) is 1. The van der Waals surface area contributed by atoms with Crippen LogP contribution in [0.1, 0.15) is 27.7 Å². The molecular formula is C12H22O. The molecule has 0 saturated heterocycles. The van der Waals surface area contributed by atoms with Gasteiger partial charge < -0.3 is 4.74 Å². The van der Waals surface area contributed by atoms with Crippen LogP contribution in [0.2, 0.25) is 0 Å². The Balaban J connectivity index is 0. The maximum absolute atomic E-state index is 5.10. The van der Waals surface area contributed by atoms with E-state index >= 15 is 0 Å². The van der Waals surface area contributed by atoms with E-state index in [1.54, 1.807) is 13.2 Å². The lowest BCUT2D eigenvalue weighted by molar-refractivity contribution is 0.300. The molecule has 13 heavy (non-hydrogen) atoms. The summed E-state index contributed by atoms with van der Waals surface area (Å²) in [7, 11) is 1.64. The third-order valence-electron chi connectivity index (χ3n) is 1.53. The van der Waals surface area contributed by atoms with Gasteiger partial charge in [-0.05, 0) is 17.6 Å². The van der Waals surface area contributed by atoms with E-state index in [0.29, 0.717) is 5.92 Å². The highest BCUT2D eigenvalue weighted by Crippen LogP contribution is 2.16. The summed E-state index contributed by atoms with van der Waals surface area (Å²) in [5, 5.41) is 0. The molecular weight excluding hydrogens is 160 g/mol. The van der Waals surface area contributed by atoms with Crippen molar-refractivity contribution in [1.82, 2.24) is 0 Å². The van der Waals surface area contributed by atoms with Crippen molar-refractivity contribution in [3.63, 3.8) is 0 Å². The fourth-order valence-corrected chi connectivity index (χ4v) is 0.940. The molecule has 0 amide bonds. The van der Waals surface area contributed by atoms with Gasteiger partial charge in [-0.3, -0.25) is 0 Å². The first kappa shape index (κ1) is 14.5. The van der Waals surface area contributed by atoms with E-state index in [1.807, 2.05) is 19.9 Å². The Bertz CT molecular complexity index is 176. The molecule has 0 aliphatic carbocycles. The minimum atomic E-state index is 0.431. The van der Waals surface area contributed by atoms with E-state index in [0.717, 1.165) is 11.3 Å². The summed E-state index contributed by atoms with van der Waals surface area (Å²) in [6.45, 7) is 15.6. The highest BCUT2D eigenvalue weighted by molar-refractivity contribution is 5.28. The van der Waals surface area contributed by atoms with E-state index in [4.69, 9.17) is 4.74 Å². The predicted octanol–water partition coefficient (Wildman–Crippen LogP) is 3.94. The van der Waals surface area contributed by atoms with E-state index in [9.17, 15) is 0 Å². The molecule has 0 rings (SSSR count). The second-order valence-corrected chi connectivity index (χ2v) is 2.59. The van der Waals surface area contributed by atoms with Crippen molar-refractivity contribution in [3.05, 3.63) is 36.6 Å². The summed E-state index contributed by atoms with van der Waals surface area (Å²) < 4.78 is 5.10. The molecule has 0 bridgehead atoms. The second-order valence-electron chi connectivity index (χ2n) is 2.59. The van der Waals surface area contributed by atoms with Gasteiger partial charge in [0.15, 0.2) is 0 Å². The smallest absolute Gasteiger partial charge is 0.121 e. The predicted molar refractivity (Wildman–Crippen MR) is 60.6 cm³/mol. The third kappa shape index (κ3) is 5.29. The molecule has 0 heterocycles. The zero-order valence-electron chi connectivity index (χ0n) is 9.55. The van der Waals surface area contributed by atoms with Gasteiger partial charge in [0, 0.05) is 0 Å². The zero-order valence-corrected chi connectivity index (χ0v) is 9.55. The summed E-state index contributed by atoms with van der Waals surface area (Å²) in [6, 6.07) is 0. The van der Waals surface area contributed by atoms with Crippen LogP contribution in [0.4, 0.5) is 0 Å². The summed E-state index contributed by atoms with van der Waals surface area (Å²) in [4.78, 5) is 0. The highest BCUT2D eigenvalue weighted by Gasteiger charge is 2.04. The van der Waals surface area contributed by atoms with Gasteiger partial charge in [-0.25, -0.2) is 0 Å². The number of rotatable bonds is 4. The van der Waals surface area contributed by atoms with Crippen LogP contribution < -0.4 is 0 Å². The Kier molecular flexibility index (Phi) is 10.2. The van der Waals surface area contributed by atoms with Crippen LogP contribution in [0.15, 0.2) is 36.6 Å². The Morgan fingerprint density at radius 1 is 1.15 bits per heavy atom. The van der Waals surface area contributed by atoms with E-state index in [-0.39, 0.29) is 0 Å². The van der Waals surface area contributed by atoms with Crippen molar-refractivity contribution in [2.24, 2.45) is 5.92 Å². The Hall–Kier alpha value is -0.980. The first-order chi connectivity index (χ1) is 6.17. The molecule has 0 fully saturated rings. The van der Waals surface area contributed by atoms with Crippen molar-refractivity contribution in [2.75, 3.05) is 7.11 Å². The monoisotopic (exact) mass is 182 g/mol. The summed E-state index contributed by atoms with van der Waals surface area (Å²) in [6.07, 6.45) is 3.52. The van der Waals surface area contributed by atoms with E-state index in [2.05, 4.69) is 27.0 Å². The molecule has 0 N–H and O–H groups in total. The molecule has 0 aromatic carbocycles. The van der Waals surface area contributed by atoms with Gasteiger partial charge in [0.05, 0.1) is 7.11 Å². The number of hydrogen-bond donors (Lipinski definition) is 0. The molecule has 0 aliphatic heterocycles. The Labute approximate surface area is 82.8 Å². The lowest BCUT2D eigenvalue weighted by Gasteiger charge is -2.10. The molecule has 0 aromatic heterocycles. The first-order valence-corrected chi connectivity index (χ1v) is 4.70. The van der Waals surface area contributed by atoms with Crippen molar-refractivity contribution in [3.8, 4) is 0 Å². The van der Waals surface area contributed by atoms with Gasteiger partial charge in [-0.15, -0.1) is 0 Å². The largest absolute Gasteiger partial charge is 0.496 e. The third-order valence-corrected chi connectivity index (χ3v) is 1.53. The molecule has 0 saturated carbocycles. The van der Waals surface area contributed by atoms with Crippen molar-refractivity contribution in [1.29, 1.82) is 0 Å². The average Bonchev–Trinajstić information content (AvgIpc) is 2.16. The molecule has 0 spiro atoms. The number of allylic oxidation sites excluding steroid dienone is 3. The molecule has 0 aromatic rings. The van der Waals surface area contributed by atoms with Crippen molar-refractivity contribution >= 4 is 0 Å². The van der Waals surface area contributed by atoms with Crippen molar-refractivity contribution in [2.45, 2.75) is 27.7 Å². The summed E-state index contributed by atoms with van der Waals surface area (Å²) >= 11 is 0. The standard InChI is InChI=1S/C10H16O.C2H6/c1-6-9(8(3)4)10(7-2)11-5;1-2/h6-8H,1-2H2,3-5H3;1-2H3/b10-9-;. The summed E-state index contributed by atoms with van der Waals surface area (Å²) in [5.41, 5.74) is 1.10. The number of methoxy groups -OCH3 is 1. The molecule has 76 valence electrons. The van der Waals surface area contributed by atoms with Crippen LogP contribution in [-0.4, -0.2) is 7.11 Å². The van der Waals surface area contributed by atoms with Crippen LogP contribution >= 0.6 is 0 Å².